The van der Waals surface area contributed by atoms with E-state index >= 15 is 0 Å². The van der Waals surface area contributed by atoms with Gasteiger partial charge < -0.3 is 5.11 Å². The van der Waals surface area contributed by atoms with Crippen molar-refractivity contribution in [3.63, 3.8) is 0 Å². The highest BCUT2D eigenvalue weighted by atomic mass is 35.5. The Balaban J connectivity index is 2.20. The van der Waals surface area contributed by atoms with Gasteiger partial charge in [-0.25, -0.2) is 0 Å². The van der Waals surface area contributed by atoms with Gasteiger partial charge in [-0.2, -0.15) is 13.2 Å². The SMILES string of the molecule is CC(c1cc[c]cc1Cl)C(O)(c1cnc2ccccc2c1)C(F)(F)F. The fraction of sp³-hybridized carbons (Fsp3) is 0.211. The summed E-state index contributed by atoms with van der Waals surface area (Å²) in [4.78, 5) is 4.06. The number of fused-ring (bicyclic) bond motifs is 1. The average Bonchev–Trinajstić information content (AvgIpc) is 2.59. The molecule has 2 atom stereocenters. The van der Waals surface area contributed by atoms with Crippen LogP contribution in [0, 0.1) is 6.07 Å². The van der Waals surface area contributed by atoms with E-state index in [0.29, 0.717) is 10.9 Å². The van der Waals surface area contributed by atoms with Crippen LogP contribution in [0.15, 0.2) is 54.7 Å². The number of nitrogens with zero attached hydrogens (tertiary/aromatic N) is 1. The number of rotatable bonds is 3. The summed E-state index contributed by atoms with van der Waals surface area (Å²) in [5.74, 6) is -1.34. The standard InChI is InChI=1S/C19H14ClF3NO/c1-12(15-7-3-4-8-16(15)20)18(25,19(21,22)23)14-10-13-6-2-5-9-17(13)24-11-14/h2-3,5-12,25H,1H3. The van der Waals surface area contributed by atoms with Gasteiger partial charge in [-0.1, -0.05) is 48.9 Å². The maximum atomic E-state index is 13.9. The monoisotopic (exact) mass is 364 g/mol. The van der Waals surface area contributed by atoms with Crippen molar-refractivity contribution >= 4 is 22.5 Å². The fourth-order valence-corrected chi connectivity index (χ4v) is 3.23. The Bertz CT molecular complexity index is 912. The normalized spacial score (nSPS) is 15.8. The van der Waals surface area contributed by atoms with Crippen molar-refractivity contribution in [3.8, 4) is 0 Å². The van der Waals surface area contributed by atoms with Gasteiger partial charge in [0.1, 0.15) is 0 Å². The average molecular weight is 365 g/mol. The number of hydrogen-bond acceptors (Lipinski definition) is 2. The van der Waals surface area contributed by atoms with Crippen molar-refractivity contribution in [2.75, 3.05) is 0 Å². The molecule has 0 saturated heterocycles. The van der Waals surface area contributed by atoms with Gasteiger partial charge in [0, 0.05) is 28.1 Å². The van der Waals surface area contributed by atoms with Gasteiger partial charge in [-0.05, 0) is 29.8 Å². The first kappa shape index (κ1) is 17.7. The zero-order valence-electron chi connectivity index (χ0n) is 13.2. The summed E-state index contributed by atoms with van der Waals surface area (Å²) in [6.07, 6.45) is -3.85. The topological polar surface area (TPSA) is 33.1 Å². The number of hydrogen-bond donors (Lipinski definition) is 1. The summed E-state index contributed by atoms with van der Waals surface area (Å²) in [5, 5.41) is 11.4. The van der Waals surface area contributed by atoms with Crippen LogP contribution >= 0.6 is 11.6 Å². The molecule has 0 aliphatic carbocycles. The second-order valence-corrected chi connectivity index (χ2v) is 6.26. The molecule has 0 aliphatic rings. The number of aliphatic hydroxyl groups is 1. The second kappa shape index (κ2) is 6.32. The van der Waals surface area contributed by atoms with Crippen LogP contribution in [-0.2, 0) is 5.60 Å². The lowest BCUT2D eigenvalue weighted by molar-refractivity contribution is -0.274. The number of benzene rings is 2. The Morgan fingerprint density at radius 3 is 2.60 bits per heavy atom. The predicted octanol–water partition coefficient (Wildman–Crippen LogP) is 5.24. The van der Waals surface area contributed by atoms with Gasteiger partial charge in [0.15, 0.2) is 5.60 Å². The molecule has 2 aromatic carbocycles. The van der Waals surface area contributed by atoms with Crippen molar-refractivity contribution < 1.29 is 18.3 Å². The molecule has 0 fully saturated rings. The molecule has 2 nitrogen and oxygen atoms in total. The van der Waals surface area contributed by atoms with Gasteiger partial charge in [-0.3, -0.25) is 4.98 Å². The molecule has 0 aliphatic heterocycles. The molecule has 3 aromatic rings. The molecule has 0 saturated carbocycles. The van der Waals surface area contributed by atoms with E-state index in [2.05, 4.69) is 11.1 Å². The van der Waals surface area contributed by atoms with Crippen LogP contribution in [0.4, 0.5) is 13.2 Å². The first-order valence-corrected chi connectivity index (χ1v) is 7.93. The lowest BCUT2D eigenvalue weighted by atomic mass is 9.78. The van der Waals surface area contributed by atoms with Crippen LogP contribution < -0.4 is 0 Å². The first-order valence-electron chi connectivity index (χ1n) is 7.55. The van der Waals surface area contributed by atoms with E-state index in [4.69, 9.17) is 11.6 Å². The van der Waals surface area contributed by atoms with E-state index in [1.54, 1.807) is 24.3 Å². The smallest absolute Gasteiger partial charge is 0.376 e. The van der Waals surface area contributed by atoms with Crippen molar-refractivity contribution in [2.45, 2.75) is 24.6 Å². The molecule has 0 bridgehead atoms. The lowest BCUT2D eigenvalue weighted by Crippen LogP contribution is -2.46. The third-order valence-electron chi connectivity index (χ3n) is 4.40. The van der Waals surface area contributed by atoms with Gasteiger partial charge >= 0.3 is 6.18 Å². The third-order valence-corrected chi connectivity index (χ3v) is 4.73. The van der Waals surface area contributed by atoms with Crippen molar-refractivity contribution in [3.05, 3.63) is 76.9 Å². The molecule has 0 spiro atoms. The second-order valence-electron chi connectivity index (χ2n) is 5.85. The van der Waals surface area contributed by atoms with E-state index in [1.807, 2.05) is 0 Å². The third kappa shape index (κ3) is 2.98. The van der Waals surface area contributed by atoms with Gasteiger partial charge in [0.25, 0.3) is 0 Å². The summed E-state index contributed by atoms with van der Waals surface area (Å²) < 4.78 is 41.8. The Morgan fingerprint density at radius 2 is 1.92 bits per heavy atom. The van der Waals surface area contributed by atoms with Gasteiger partial charge in [-0.15, -0.1) is 0 Å². The molecule has 2 unspecified atom stereocenters. The lowest BCUT2D eigenvalue weighted by Gasteiger charge is -2.36. The predicted molar refractivity (Wildman–Crippen MR) is 90.4 cm³/mol. The largest absolute Gasteiger partial charge is 0.422 e. The number of alkyl halides is 3. The molecular formula is C19H14ClF3NO. The van der Waals surface area contributed by atoms with Crippen LogP contribution in [0.5, 0.6) is 0 Å². The van der Waals surface area contributed by atoms with Crippen LogP contribution in [0.1, 0.15) is 24.0 Å². The molecular weight excluding hydrogens is 351 g/mol. The summed E-state index contributed by atoms with van der Waals surface area (Å²) in [7, 11) is 0. The number of para-hydroxylation sites is 1. The van der Waals surface area contributed by atoms with Crippen LogP contribution in [0.25, 0.3) is 10.9 Å². The number of halogens is 4. The summed E-state index contributed by atoms with van der Waals surface area (Å²) in [6, 6.07) is 15.1. The van der Waals surface area contributed by atoms with E-state index in [9.17, 15) is 18.3 Å². The molecule has 6 heteroatoms. The molecule has 1 heterocycles. The van der Waals surface area contributed by atoms with Crippen LogP contribution in [-0.4, -0.2) is 16.3 Å². The van der Waals surface area contributed by atoms with E-state index < -0.39 is 17.7 Å². The first-order chi connectivity index (χ1) is 11.7. The summed E-state index contributed by atoms with van der Waals surface area (Å²) in [5.41, 5.74) is -2.71. The molecule has 1 aromatic heterocycles. The highest BCUT2D eigenvalue weighted by Gasteiger charge is 2.59. The van der Waals surface area contributed by atoms with Crippen LogP contribution in [0.3, 0.4) is 0 Å². The summed E-state index contributed by atoms with van der Waals surface area (Å²) in [6.45, 7) is 1.30. The maximum Gasteiger partial charge on any atom is 0.422 e. The maximum absolute atomic E-state index is 13.9. The zero-order valence-corrected chi connectivity index (χ0v) is 13.9. The number of aromatic nitrogens is 1. The Morgan fingerprint density at radius 1 is 1.20 bits per heavy atom. The van der Waals surface area contributed by atoms with Crippen molar-refractivity contribution in [2.24, 2.45) is 0 Å². The summed E-state index contributed by atoms with van der Waals surface area (Å²) >= 11 is 6.03. The molecule has 129 valence electrons. The van der Waals surface area contributed by atoms with E-state index in [-0.39, 0.29) is 16.1 Å². The Kier molecular flexibility index (Phi) is 4.47. The fourth-order valence-electron chi connectivity index (χ4n) is 2.94. The zero-order chi connectivity index (χ0) is 18.2. The quantitative estimate of drug-likeness (QED) is 0.689. The molecule has 0 amide bonds. The minimum absolute atomic E-state index is 0.117. The van der Waals surface area contributed by atoms with Crippen LogP contribution in [0.2, 0.25) is 5.02 Å². The highest BCUT2D eigenvalue weighted by molar-refractivity contribution is 6.31. The van der Waals surface area contributed by atoms with Crippen molar-refractivity contribution in [1.29, 1.82) is 0 Å². The van der Waals surface area contributed by atoms with E-state index in [1.165, 1.54) is 31.2 Å². The number of pyridine rings is 1. The Hall–Kier alpha value is -2.11. The van der Waals surface area contributed by atoms with E-state index in [0.717, 1.165) is 6.20 Å². The molecule has 3 rings (SSSR count). The minimum atomic E-state index is -4.92. The Labute approximate surface area is 147 Å². The molecule has 1 radical (unpaired) electrons. The highest BCUT2D eigenvalue weighted by Crippen LogP contribution is 2.49. The minimum Gasteiger partial charge on any atom is -0.376 e. The van der Waals surface area contributed by atoms with Gasteiger partial charge in [0.2, 0.25) is 0 Å². The van der Waals surface area contributed by atoms with Gasteiger partial charge in [0.05, 0.1) is 5.52 Å². The van der Waals surface area contributed by atoms with Crippen molar-refractivity contribution in [1.82, 2.24) is 4.98 Å². The molecule has 1 N–H and O–H groups in total. The molecule has 25 heavy (non-hydrogen) atoms.